The van der Waals surface area contributed by atoms with E-state index in [0.717, 1.165) is 24.5 Å². The van der Waals surface area contributed by atoms with Crippen LogP contribution in [0.15, 0.2) is 24.3 Å². The Morgan fingerprint density at radius 2 is 1.64 bits per heavy atom. The van der Waals surface area contributed by atoms with Gasteiger partial charge in [-0.2, -0.15) is 0 Å². The minimum absolute atomic E-state index is 0.116. The molecule has 3 rings (SSSR count). The Hall–Kier alpha value is -2.44. The second kappa shape index (κ2) is 8.09. The molecule has 0 bridgehead atoms. The van der Waals surface area contributed by atoms with Crippen molar-refractivity contribution in [3.63, 3.8) is 0 Å². The summed E-state index contributed by atoms with van der Waals surface area (Å²) in [7, 11) is 0. The van der Waals surface area contributed by atoms with Gasteiger partial charge in [-0.15, -0.1) is 0 Å². The van der Waals surface area contributed by atoms with Crippen molar-refractivity contribution in [2.45, 2.75) is 19.8 Å². The molecule has 7 heteroatoms. The number of amides is 3. The molecule has 2 heterocycles. The van der Waals surface area contributed by atoms with E-state index >= 15 is 0 Å². The van der Waals surface area contributed by atoms with Crippen molar-refractivity contribution in [3.8, 4) is 0 Å². The number of para-hydroxylation sites is 2. The lowest BCUT2D eigenvalue weighted by Crippen LogP contribution is -2.51. The van der Waals surface area contributed by atoms with Gasteiger partial charge in [-0.05, 0) is 31.9 Å². The molecule has 0 unspecified atom stereocenters. The maximum absolute atomic E-state index is 12.6. The van der Waals surface area contributed by atoms with Crippen LogP contribution >= 0.6 is 0 Å². The van der Waals surface area contributed by atoms with Gasteiger partial charge in [0.15, 0.2) is 0 Å². The van der Waals surface area contributed by atoms with Gasteiger partial charge in [-0.25, -0.2) is 9.59 Å². The quantitative estimate of drug-likeness (QED) is 0.914. The zero-order chi connectivity index (χ0) is 17.6. The standard InChI is InChI=1S/C18H26N4O3/c1-2-25-18(24)22-13-11-21(12-14-22)17(23)19-15-7-3-4-8-16(15)20-9-5-6-10-20/h3-4,7-8H,2,5-6,9-14H2,1H3,(H,19,23). The van der Waals surface area contributed by atoms with E-state index in [-0.39, 0.29) is 12.1 Å². The lowest BCUT2D eigenvalue weighted by atomic mass is 10.2. The van der Waals surface area contributed by atoms with Crippen LogP contribution < -0.4 is 10.2 Å². The molecular weight excluding hydrogens is 320 g/mol. The van der Waals surface area contributed by atoms with Gasteiger partial charge < -0.3 is 24.8 Å². The Labute approximate surface area is 148 Å². The van der Waals surface area contributed by atoms with Gasteiger partial charge in [0.25, 0.3) is 0 Å². The SMILES string of the molecule is CCOC(=O)N1CCN(C(=O)Nc2ccccc2N2CCCC2)CC1. The smallest absolute Gasteiger partial charge is 0.409 e. The zero-order valence-corrected chi connectivity index (χ0v) is 14.7. The third-order valence-electron chi connectivity index (χ3n) is 4.69. The van der Waals surface area contributed by atoms with E-state index in [2.05, 4.69) is 16.3 Å². The first-order valence-electron chi connectivity index (χ1n) is 9.00. The molecule has 2 aliphatic heterocycles. The van der Waals surface area contributed by atoms with Gasteiger partial charge in [0, 0.05) is 39.3 Å². The molecule has 0 aromatic heterocycles. The first-order valence-corrected chi connectivity index (χ1v) is 9.00. The number of nitrogens with one attached hydrogen (secondary N) is 1. The van der Waals surface area contributed by atoms with Gasteiger partial charge in [0.2, 0.25) is 0 Å². The molecule has 0 spiro atoms. The maximum atomic E-state index is 12.6. The number of hydrogen-bond acceptors (Lipinski definition) is 4. The van der Waals surface area contributed by atoms with Gasteiger partial charge in [-0.1, -0.05) is 12.1 Å². The Morgan fingerprint density at radius 3 is 2.32 bits per heavy atom. The molecular formula is C18H26N4O3. The Kier molecular flexibility index (Phi) is 5.63. The molecule has 2 fully saturated rings. The van der Waals surface area contributed by atoms with Gasteiger partial charge in [-0.3, -0.25) is 0 Å². The Balaban J connectivity index is 1.58. The second-order valence-electron chi connectivity index (χ2n) is 6.31. The van der Waals surface area contributed by atoms with Crippen LogP contribution in [0.25, 0.3) is 0 Å². The number of carbonyl (C=O) groups is 2. The van der Waals surface area contributed by atoms with Crippen LogP contribution in [-0.4, -0.2) is 67.8 Å². The van der Waals surface area contributed by atoms with Crippen molar-refractivity contribution in [1.29, 1.82) is 0 Å². The van der Waals surface area contributed by atoms with E-state index in [1.807, 2.05) is 18.2 Å². The highest BCUT2D eigenvalue weighted by atomic mass is 16.6. The number of nitrogens with zero attached hydrogens (tertiary/aromatic N) is 3. The number of anilines is 2. The molecule has 2 saturated heterocycles. The average Bonchev–Trinajstić information content (AvgIpc) is 3.17. The summed E-state index contributed by atoms with van der Waals surface area (Å²) in [6, 6.07) is 7.82. The largest absolute Gasteiger partial charge is 0.450 e. The fourth-order valence-electron chi connectivity index (χ4n) is 3.31. The van der Waals surface area contributed by atoms with Gasteiger partial charge >= 0.3 is 12.1 Å². The number of piperazine rings is 1. The molecule has 7 nitrogen and oxygen atoms in total. The van der Waals surface area contributed by atoms with Crippen LogP contribution in [-0.2, 0) is 4.74 Å². The summed E-state index contributed by atoms with van der Waals surface area (Å²) in [6.07, 6.45) is 2.08. The molecule has 2 aliphatic rings. The topological polar surface area (TPSA) is 65.1 Å². The number of rotatable bonds is 3. The molecule has 0 radical (unpaired) electrons. The summed E-state index contributed by atoms with van der Waals surface area (Å²) in [5.41, 5.74) is 1.93. The second-order valence-corrected chi connectivity index (χ2v) is 6.31. The van der Waals surface area contributed by atoms with Crippen molar-refractivity contribution >= 4 is 23.5 Å². The van der Waals surface area contributed by atoms with Crippen molar-refractivity contribution in [2.75, 3.05) is 56.1 Å². The van der Waals surface area contributed by atoms with E-state index < -0.39 is 0 Å². The molecule has 0 atom stereocenters. The molecule has 1 aromatic carbocycles. The molecule has 0 aliphatic carbocycles. The van der Waals surface area contributed by atoms with Crippen molar-refractivity contribution in [3.05, 3.63) is 24.3 Å². The van der Waals surface area contributed by atoms with E-state index in [1.165, 1.54) is 12.8 Å². The third kappa shape index (κ3) is 4.15. The van der Waals surface area contributed by atoms with E-state index in [4.69, 9.17) is 4.74 Å². The van der Waals surface area contributed by atoms with Crippen molar-refractivity contribution in [2.24, 2.45) is 0 Å². The van der Waals surface area contributed by atoms with Gasteiger partial charge in [0.1, 0.15) is 0 Å². The predicted molar refractivity (Wildman–Crippen MR) is 97.1 cm³/mol. The molecule has 1 N–H and O–H groups in total. The number of hydrogen-bond donors (Lipinski definition) is 1. The maximum Gasteiger partial charge on any atom is 0.409 e. The minimum Gasteiger partial charge on any atom is -0.450 e. The summed E-state index contributed by atoms with van der Waals surface area (Å²) < 4.78 is 5.01. The predicted octanol–water partition coefficient (Wildman–Crippen LogP) is 2.59. The van der Waals surface area contributed by atoms with Crippen LogP contribution in [0, 0.1) is 0 Å². The molecule has 3 amide bonds. The van der Waals surface area contributed by atoms with Crippen molar-refractivity contribution in [1.82, 2.24) is 9.80 Å². The third-order valence-corrected chi connectivity index (χ3v) is 4.69. The lowest BCUT2D eigenvalue weighted by molar-refractivity contribution is 0.0869. The highest BCUT2D eigenvalue weighted by molar-refractivity contribution is 5.93. The van der Waals surface area contributed by atoms with Crippen molar-refractivity contribution < 1.29 is 14.3 Å². The fourth-order valence-corrected chi connectivity index (χ4v) is 3.31. The van der Waals surface area contributed by atoms with Crippen LogP contribution in [0.1, 0.15) is 19.8 Å². The first-order chi connectivity index (χ1) is 12.2. The summed E-state index contributed by atoms with van der Waals surface area (Å²) in [6.45, 7) is 6.25. The van der Waals surface area contributed by atoms with E-state index in [0.29, 0.717) is 32.8 Å². The summed E-state index contributed by atoms with van der Waals surface area (Å²) in [5.74, 6) is 0. The first kappa shape index (κ1) is 17.4. The van der Waals surface area contributed by atoms with Gasteiger partial charge in [0.05, 0.1) is 18.0 Å². The number of ether oxygens (including phenoxy) is 1. The molecule has 1 aromatic rings. The Bertz CT molecular complexity index is 608. The van der Waals surface area contributed by atoms with Crippen LogP contribution in [0.2, 0.25) is 0 Å². The molecule has 25 heavy (non-hydrogen) atoms. The average molecular weight is 346 g/mol. The zero-order valence-electron chi connectivity index (χ0n) is 14.7. The lowest BCUT2D eigenvalue weighted by Gasteiger charge is -2.34. The van der Waals surface area contributed by atoms with E-state index in [9.17, 15) is 9.59 Å². The minimum atomic E-state index is -0.304. The monoisotopic (exact) mass is 346 g/mol. The van der Waals surface area contributed by atoms with Crippen LogP contribution in [0.4, 0.5) is 21.0 Å². The van der Waals surface area contributed by atoms with E-state index in [1.54, 1.807) is 16.7 Å². The normalized spacial score (nSPS) is 17.6. The van der Waals surface area contributed by atoms with Crippen LogP contribution in [0.5, 0.6) is 0 Å². The van der Waals surface area contributed by atoms with Crippen LogP contribution in [0.3, 0.4) is 0 Å². The highest BCUT2D eigenvalue weighted by Gasteiger charge is 2.25. The summed E-state index contributed by atoms with van der Waals surface area (Å²) in [5, 5.41) is 3.04. The number of carbonyl (C=O) groups excluding carboxylic acids is 2. The highest BCUT2D eigenvalue weighted by Crippen LogP contribution is 2.28. The summed E-state index contributed by atoms with van der Waals surface area (Å²) >= 11 is 0. The summed E-state index contributed by atoms with van der Waals surface area (Å²) in [4.78, 5) is 30.0. The number of urea groups is 1. The Morgan fingerprint density at radius 1 is 1.00 bits per heavy atom. The fraction of sp³-hybridized carbons (Fsp3) is 0.556. The molecule has 0 saturated carbocycles. The number of benzene rings is 1. The molecule has 136 valence electrons.